The quantitative estimate of drug-likeness (QED) is 0.770. The molecule has 0 aliphatic heterocycles. The molecule has 100 valence electrons. The van der Waals surface area contributed by atoms with Gasteiger partial charge in [-0.3, -0.25) is 0 Å². The fourth-order valence-corrected chi connectivity index (χ4v) is 1.40. The molecule has 2 amide bonds. The largest absolute Gasteiger partial charge is 0.480 e. The van der Waals surface area contributed by atoms with Gasteiger partial charge in [0.25, 0.3) is 0 Å². The monoisotopic (exact) mass is 265 g/mol. The highest BCUT2D eigenvalue weighted by Gasteiger charge is 2.18. The maximum absolute atomic E-state index is 13.3. The third-order valence-corrected chi connectivity index (χ3v) is 2.39. The van der Waals surface area contributed by atoms with Crippen LogP contribution in [-0.2, 0) is 4.79 Å². The number of nitriles is 1. The molecule has 0 unspecified atom stereocenters. The van der Waals surface area contributed by atoms with Crippen LogP contribution < -0.4 is 10.6 Å². The predicted octanol–water partition coefficient (Wildman–Crippen LogP) is 1.68. The highest BCUT2D eigenvalue weighted by Crippen LogP contribution is 2.17. The fraction of sp³-hybridized carbons (Fsp3) is 0.250. The van der Waals surface area contributed by atoms with Gasteiger partial charge in [0.2, 0.25) is 0 Å². The molecule has 0 radical (unpaired) electrons. The second kappa shape index (κ2) is 6.35. The number of anilines is 1. The van der Waals surface area contributed by atoms with Crippen molar-refractivity contribution in [3.63, 3.8) is 0 Å². The molecule has 0 aliphatic rings. The first-order valence-electron chi connectivity index (χ1n) is 5.48. The molecule has 6 nitrogen and oxygen atoms in total. The van der Waals surface area contributed by atoms with Crippen LogP contribution in [0, 0.1) is 17.1 Å². The number of rotatable bonds is 4. The molecule has 0 spiro atoms. The predicted molar refractivity (Wildman–Crippen MR) is 65.0 cm³/mol. The van der Waals surface area contributed by atoms with E-state index < -0.39 is 23.9 Å². The minimum Gasteiger partial charge on any atom is -0.480 e. The molecule has 7 heteroatoms. The average molecular weight is 265 g/mol. The van der Waals surface area contributed by atoms with Crippen LogP contribution in [0.4, 0.5) is 14.9 Å². The van der Waals surface area contributed by atoms with Crippen LogP contribution in [0.3, 0.4) is 0 Å². The zero-order valence-corrected chi connectivity index (χ0v) is 10.1. The van der Waals surface area contributed by atoms with E-state index in [0.717, 1.165) is 6.07 Å². The van der Waals surface area contributed by atoms with Gasteiger partial charge >= 0.3 is 12.0 Å². The number of urea groups is 1. The molecule has 0 saturated carbocycles. The van der Waals surface area contributed by atoms with Crippen molar-refractivity contribution in [3.8, 4) is 6.07 Å². The molecule has 1 aromatic rings. The number of carboxylic acids is 1. The van der Waals surface area contributed by atoms with E-state index in [0.29, 0.717) is 0 Å². The Morgan fingerprint density at radius 1 is 1.53 bits per heavy atom. The lowest BCUT2D eigenvalue weighted by Gasteiger charge is -2.13. The number of carbonyl (C=O) groups excluding carboxylic acids is 1. The minimum atomic E-state index is -1.17. The zero-order chi connectivity index (χ0) is 14.4. The third-order valence-electron chi connectivity index (χ3n) is 2.39. The van der Waals surface area contributed by atoms with E-state index in [-0.39, 0.29) is 17.7 Å². The van der Waals surface area contributed by atoms with Gasteiger partial charge < -0.3 is 15.7 Å². The Kier molecular flexibility index (Phi) is 4.83. The van der Waals surface area contributed by atoms with E-state index in [4.69, 9.17) is 10.4 Å². The maximum Gasteiger partial charge on any atom is 0.326 e. The van der Waals surface area contributed by atoms with Gasteiger partial charge in [0, 0.05) is 0 Å². The van der Waals surface area contributed by atoms with Gasteiger partial charge in [0.15, 0.2) is 0 Å². The first-order valence-corrected chi connectivity index (χ1v) is 5.48. The lowest BCUT2D eigenvalue weighted by Crippen LogP contribution is -2.42. The van der Waals surface area contributed by atoms with Crippen molar-refractivity contribution in [1.82, 2.24) is 5.32 Å². The number of carboxylic acid groups (broad SMARTS) is 1. The highest BCUT2D eigenvalue weighted by molar-refractivity contribution is 5.93. The molecule has 3 N–H and O–H groups in total. The van der Waals surface area contributed by atoms with Crippen LogP contribution in [0.1, 0.15) is 18.9 Å². The van der Waals surface area contributed by atoms with Gasteiger partial charge in [0.05, 0.1) is 5.69 Å². The lowest BCUT2D eigenvalue weighted by molar-refractivity contribution is -0.139. The number of nitrogens with one attached hydrogen (secondary N) is 2. The summed E-state index contributed by atoms with van der Waals surface area (Å²) in [7, 11) is 0. The number of nitrogens with zero attached hydrogens (tertiary/aromatic N) is 1. The summed E-state index contributed by atoms with van der Waals surface area (Å²) in [6.07, 6.45) is 0.205. The molecule has 1 rings (SSSR count). The molecular formula is C12H12FN3O3. The van der Waals surface area contributed by atoms with E-state index in [2.05, 4.69) is 10.6 Å². The molecular weight excluding hydrogens is 253 g/mol. The number of hydrogen-bond acceptors (Lipinski definition) is 3. The number of hydrogen-bond donors (Lipinski definition) is 3. The number of amides is 2. The van der Waals surface area contributed by atoms with Crippen molar-refractivity contribution in [2.45, 2.75) is 19.4 Å². The first kappa shape index (κ1) is 14.4. The smallest absolute Gasteiger partial charge is 0.326 e. The van der Waals surface area contributed by atoms with Gasteiger partial charge in [-0.1, -0.05) is 13.0 Å². The Morgan fingerprint density at radius 2 is 2.21 bits per heavy atom. The number of aliphatic carboxylic acids is 1. The van der Waals surface area contributed by atoms with E-state index in [1.807, 2.05) is 0 Å². The Bertz CT molecular complexity index is 540. The lowest BCUT2D eigenvalue weighted by atomic mass is 10.2. The SMILES string of the molecule is CC[C@@H](NC(=O)Nc1cccc(F)c1C#N)C(=O)O. The summed E-state index contributed by atoms with van der Waals surface area (Å²) >= 11 is 0. The van der Waals surface area contributed by atoms with Crippen molar-refractivity contribution in [3.05, 3.63) is 29.6 Å². The summed E-state index contributed by atoms with van der Waals surface area (Å²) < 4.78 is 13.3. The molecule has 1 atom stereocenters. The van der Waals surface area contributed by atoms with E-state index >= 15 is 0 Å². The molecule has 0 saturated heterocycles. The number of carbonyl (C=O) groups is 2. The van der Waals surface area contributed by atoms with E-state index in [9.17, 15) is 14.0 Å². The normalized spacial score (nSPS) is 11.2. The molecule has 0 fully saturated rings. The van der Waals surface area contributed by atoms with Crippen molar-refractivity contribution in [2.24, 2.45) is 0 Å². The number of halogens is 1. The van der Waals surface area contributed by atoms with Crippen LogP contribution in [0.15, 0.2) is 18.2 Å². The standard InChI is InChI=1S/C12H12FN3O3/c1-2-9(11(17)18)15-12(19)16-10-5-3-4-8(13)7(10)6-14/h3-5,9H,2H2,1H3,(H,17,18)(H2,15,16,19)/t9-/m1/s1. The van der Waals surface area contributed by atoms with Crippen molar-refractivity contribution < 1.29 is 19.1 Å². The van der Waals surface area contributed by atoms with Crippen LogP contribution in [0.25, 0.3) is 0 Å². The second-order valence-electron chi connectivity index (χ2n) is 3.67. The number of benzene rings is 1. The molecule has 0 aliphatic carbocycles. The van der Waals surface area contributed by atoms with E-state index in [1.54, 1.807) is 13.0 Å². The summed E-state index contributed by atoms with van der Waals surface area (Å²) in [5.41, 5.74) is -0.318. The summed E-state index contributed by atoms with van der Waals surface area (Å²) in [5.74, 6) is -1.93. The van der Waals surface area contributed by atoms with Crippen LogP contribution >= 0.6 is 0 Å². The van der Waals surface area contributed by atoms with Crippen molar-refractivity contribution in [2.75, 3.05) is 5.32 Å². The second-order valence-corrected chi connectivity index (χ2v) is 3.67. The third kappa shape index (κ3) is 3.67. The topological polar surface area (TPSA) is 102 Å². The van der Waals surface area contributed by atoms with E-state index in [1.165, 1.54) is 12.1 Å². The summed E-state index contributed by atoms with van der Waals surface area (Å²) in [5, 5.41) is 22.0. The van der Waals surface area contributed by atoms with Gasteiger partial charge in [-0.2, -0.15) is 5.26 Å². The maximum atomic E-state index is 13.3. The Balaban J connectivity index is 2.81. The minimum absolute atomic E-state index is 0.0137. The summed E-state index contributed by atoms with van der Waals surface area (Å²) in [6.45, 7) is 1.60. The molecule has 1 aromatic carbocycles. The summed E-state index contributed by atoms with van der Waals surface area (Å²) in [6, 6.07) is 3.55. The van der Waals surface area contributed by atoms with Crippen LogP contribution in [-0.4, -0.2) is 23.1 Å². The highest BCUT2D eigenvalue weighted by atomic mass is 19.1. The molecule has 19 heavy (non-hydrogen) atoms. The molecule has 0 heterocycles. The fourth-order valence-electron chi connectivity index (χ4n) is 1.40. The van der Waals surface area contributed by atoms with Crippen molar-refractivity contribution in [1.29, 1.82) is 5.26 Å². The Morgan fingerprint density at radius 3 is 2.74 bits per heavy atom. The molecule has 0 bridgehead atoms. The first-order chi connectivity index (χ1) is 8.99. The summed E-state index contributed by atoms with van der Waals surface area (Å²) in [4.78, 5) is 22.3. The van der Waals surface area contributed by atoms with Gasteiger partial charge in [-0.05, 0) is 18.6 Å². The Labute approximate surface area is 108 Å². The molecule has 0 aromatic heterocycles. The Hall–Kier alpha value is -2.62. The van der Waals surface area contributed by atoms with Crippen molar-refractivity contribution >= 4 is 17.7 Å². The average Bonchev–Trinajstić information content (AvgIpc) is 2.36. The van der Waals surface area contributed by atoms with Gasteiger partial charge in [-0.15, -0.1) is 0 Å². The zero-order valence-electron chi connectivity index (χ0n) is 10.1. The van der Waals surface area contributed by atoms with Crippen LogP contribution in [0.2, 0.25) is 0 Å². The van der Waals surface area contributed by atoms with Gasteiger partial charge in [-0.25, -0.2) is 14.0 Å². The van der Waals surface area contributed by atoms with Gasteiger partial charge in [0.1, 0.15) is 23.5 Å². The van der Waals surface area contributed by atoms with Crippen LogP contribution in [0.5, 0.6) is 0 Å².